The first-order chi connectivity index (χ1) is 11.9. The average molecular weight is 339 g/mol. The van der Waals surface area contributed by atoms with Crippen molar-refractivity contribution in [3.8, 4) is 5.69 Å². The van der Waals surface area contributed by atoms with E-state index in [1.807, 2.05) is 36.6 Å². The van der Waals surface area contributed by atoms with E-state index in [9.17, 15) is 14.4 Å². The minimum absolute atomic E-state index is 0.214. The Morgan fingerprint density at radius 3 is 2.36 bits per heavy atom. The predicted molar refractivity (Wildman–Crippen MR) is 91.2 cm³/mol. The quantitative estimate of drug-likeness (QED) is 0.509. The van der Waals surface area contributed by atoms with Gasteiger partial charge >= 0.3 is 12.0 Å². The maximum absolute atomic E-state index is 11.7. The van der Waals surface area contributed by atoms with Gasteiger partial charge in [-0.05, 0) is 55.8 Å². The lowest BCUT2D eigenvalue weighted by atomic mass is 10.2. The number of rotatable bonds is 3. The zero-order valence-electron chi connectivity index (χ0n) is 14.0. The van der Waals surface area contributed by atoms with Crippen molar-refractivity contribution < 1.29 is 19.1 Å². The summed E-state index contributed by atoms with van der Waals surface area (Å²) in [6.45, 7) is 3.86. The van der Waals surface area contributed by atoms with Crippen LogP contribution in [0.2, 0.25) is 0 Å². The third-order valence-corrected chi connectivity index (χ3v) is 4.04. The molecule has 25 heavy (non-hydrogen) atoms. The zero-order chi connectivity index (χ0) is 18.1. The van der Waals surface area contributed by atoms with Crippen molar-refractivity contribution in [2.75, 3.05) is 7.11 Å². The number of amides is 3. The highest BCUT2D eigenvalue weighted by atomic mass is 16.5. The van der Waals surface area contributed by atoms with Gasteiger partial charge in [-0.15, -0.1) is 0 Å². The second kappa shape index (κ2) is 6.27. The summed E-state index contributed by atoms with van der Waals surface area (Å²) in [5.41, 5.74) is 4.26. The first-order valence-corrected chi connectivity index (χ1v) is 7.62. The smallest absolute Gasteiger partial charge is 0.337 e. The van der Waals surface area contributed by atoms with Gasteiger partial charge in [-0.1, -0.05) is 0 Å². The molecule has 1 saturated heterocycles. The fraction of sp³-hybridized carbons (Fsp3) is 0.167. The summed E-state index contributed by atoms with van der Waals surface area (Å²) in [6, 6.07) is 8.45. The second-order valence-electron chi connectivity index (χ2n) is 5.67. The van der Waals surface area contributed by atoms with Gasteiger partial charge in [-0.3, -0.25) is 10.1 Å². The number of carbonyl (C=O) groups excluding carboxylic acids is 3. The molecule has 3 amide bonds. The van der Waals surface area contributed by atoms with Crippen LogP contribution in [-0.2, 0) is 9.53 Å². The van der Waals surface area contributed by atoms with Gasteiger partial charge in [0.15, 0.2) is 0 Å². The number of ether oxygens (including phenoxy) is 1. The number of aromatic nitrogens is 1. The van der Waals surface area contributed by atoms with Crippen molar-refractivity contribution in [2.45, 2.75) is 13.8 Å². The summed E-state index contributed by atoms with van der Waals surface area (Å²) < 4.78 is 6.70. The van der Waals surface area contributed by atoms with Gasteiger partial charge in [-0.25, -0.2) is 9.59 Å². The number of methoxy groups -OCH3 is 1. The van der Waals surface area contributed by atoms with Crippen molar-refractivity contribution in [2.24, 2.45) is 0 Å². The van der Waals surface area contributed by atoms with E-state index in [-0.39, 0.29) is 11.7 Å². The molecule has 2 heterocycles. The highest BCUT2D eigenvalue weighted by molar-refractivity contribution is 6.14. The largest absolute Gasteiger partial charge is 0.465 e. The summed E-state index contributed by atoms with van der Waals surface area (Å²) in [5, 5.41) is 4.65. The Labute approximate surface area is 144 Å². The van der Waals surface area contributed by atoms with E-state index >= 15 is 0 Å². The first kappa shape index (κ1) is 16.5. The number of benzene rings is 1. The molecule has 0 atom stereocenters. The molecule has 2 N–H and O–H groups in total. The van der Waals surface area contributed by atoms with Crippen LogP contribution in [0.1, 0.15) is 27.3 Å². The Balaban J connectivity index is 1.98. The van der Waals surface area contributed by atoms with Crippen molar-refractivity contribution in [1.29, 1.82) is 0 Å². The standard InChI is InChI=1S/C18H17N3O4/c1-10-8-13(9-15-16(22)20-18(24)19-15)11(2)21(10)14-6-4-12(5-7-14)17(23)25-3/h4-9H,1-3H3,(H2,19,20,22,24)/b15-9-. The number of aryl methyl sites for hydroxylation is 1. The van der Waals surface area contributed by atoms with E-state index in [2.05, 4.69) is 10.6 Å². The van der Waals surface area contributed by atoms with Crippen LogP contribution in [0.4, 0.5) is 4.79 Å². The molecule has 0 unspecified atom stereocenters. The van der Waals surface area contributed by atoms with Gasteiger partial charge in [0.05, 0.1) is 12.7 Å². The van der Waals surface area contributed by atoms with E-state index in [1.165, 1.54) is 7.11 Å². The van der Waals surface area contributed by atoms with E-state index in [0.29, 0.717) is 5.56 Å². The molecule has 1 aliphatic heterocycles. The Hall–Kier alpha value is -3.35. The van der Waals surface area contributed by atoms with Crippen LogP contribution < -0.4 is 10.6 Å². The third-order valence-electron chi connectivity index (χ3n) is 4.04. The highest BCUT2D eigenvalue weighted by Crippen LogP contribution is 2.23. The van der Waals surface area contributed by atoms with Crippen LogP contribution in [0.25, 0.3) is 11.8 Å². The fourth-order valence-corrected chi connectivity index (χ4v) is 2.83. The van der Waals surface area contributed by atoms with Crippen LogP contribution in [0.15, 0.2) is 36.0 Å². The lowest BCUT2D eigenvalue weighted by molar-refractivity contribution is -0.115. The molecule has 1 aliphatic rings. The molecule has 128 valence electrons. The predicted octanol–water partition coefficient (Wildman–Crippen LogP) is 2.06. The maximum atomic E-state index is 11.7. The molecule has 0 aliphatic carbocycles. The molecule has 0 radical (unpaired) electrons. The summed E-state index contributed by atoms with van der Waals surface area (Å²) >= 11 is 0. The number of hydrogen-bond acceptors (Lipinski definition) is 4. The minimum atomic E-state index is -0.525. The van der Waals surface area contributed by atoms with Gasteiger partial charge < -0.3 is 14.6 Å². The first-order valence-electron chi connectivity index (χ1n) is 7.62. The zero-order valence-corrected chi connectivity index (χ0v) is 14.0. The van der Waals surface area contributed by atoms with E-state index in [1.54, 1.807) is 18.2 Å². The van der Waals surface area contributed by atoms with Crippen LogP contribution in [0, 0.1) is 13.8 Å². The number of hydrogen-bond donors (Lipinski definition) is 2. The molecular weight excluding hydrogens is 322 g/mol. The topological polar surface area (TPSA) is 89.4 Å². The third kappa shape index (κ3) is 3.03. The fourth-order valence-electron chi connectivity index (χ4n) is 2.83. The summed E-state index contributed by atoms with van der Waals surface area (Å²) in [4.78, 5) is 34.4. The highest BCUT2D eigenvalue weighted by Gasteiger charge is 2.23. The molecule has 1 aromatic heterocycles. The molecule has 3 rings (SSSR count). The van der Waals surface area contributed by atoms with Gasteiger partial charge in [0.25, 0.3) is 5.91 Å². The summed E-state index contributed by atoms with van der Waals surface area (Å²) in [6.07, 6.45) is 1.64. The number of nitrogens with one attached hydrogen (secondary N) is 2. The van der Waals surface area contributed by atoms with E-state index < -0.39 is 11.9 Å². The number of nitrogens with zero attached hydrogens (tertiary/aromatic N) is 1. The number of carbonyl (C=O) groups is 3. The molecule has 0 spiro atoms. The normalized spacial score (nSPS) is 15.2. The minimum Gasteiger partial charge on any atom is -0.465 e. The monoisotopic (exact) mass is 339 g/mol. The molecule has 7 heteroatoms. The van der Waals surface area contributed by atoms with Crippen LogP contribution in [-0.4, -0.2) is 29.6 Å². The van der Waals surface area contributed by atoms with Crippen molar-refractivity contribution in [3.05, 3.63) is 58.5 Å². The summed E-state index contributed by atoms with van der Waals surface area (Å²) in [7, 11) is 1.34. The van der Waals surface area contributed by atoms with Crippen molar-refractivity contribution in [1.82, 2.24) is 15.2 Å². The Morgan fingerprint density at radius 2 is 1.80 bits per heavy atom. The van der Waals surface area contributed by atoms with Crippen molar-refractivity contribution in [3.63, 3.8) is 0 Å². The molecular formula is C18H17N3O4. The van der Waals surface area contributed by atoms with Gasteiger partial charge in [0, 0.05) is 17.1 Å². The molecule has 1 aromatic carbocycles. The van der Waals surface area contributed by atoms with Gasteiger partial charge in [-0.2, -0.15) is 0 Å². The molecule has 1 fully saturated rings. The Morgan fingerprint density at radius 1 is 1.12 bits per heavy atom. The summed E-state index contributed by atoms with van der Waals surface area (Å²) in [5.74, 6) is -0.835. The number of urea groups is 1. The number of imide groups is 1. The Bertz CT molecular complexity index is 907. The molecule has 7 nitrogen and oxygen atoms in total. The average Bonchev–Trinajstić information content (AvgIpc) is 3.05. The molecule has 0 saturated carbocycles. The van der Waals surface area contributed by atoms with Crippen LogP contribution in [0.5, 0.6) is 0 Å². The Kier molecular flexibility index (Phi) is 4.14. The van der Waals surface area contributed by atoms with Crippen LogP contribution >= 0.6 is 0 Å². The maximum Gasteiger partial charge on any atom is 0.337 e. The molecule has 2 aromatic rings. The number of esters is 1. The lowest BCUT2D eigenvalue weighted by Gasteiger charge is -2.10. The SMILES string of the molecule is COC(=O)c1ccc(-n2c(C)cc(/C=C3\NC(=O)NC3=O)c2C)cc1. The molecule has 0 bridgehead atoms. The second-order valence-corrected chi connectivity index (χ2v) is 5.67. The van der Waals surface area contributed by atoms with Crippen LogP contribution in [0.3, 0.4) is 0 Å². The van der Waals surface area contributed by atoms with E-state index in [4.69, 9.17) is 4.74 Å². The lowest BCUT2D eigenvalue weighted by Crippen LogP contribution is -2.22. The van der Waals surface area contributed by atoms with Gasteiger partial charge in [0.2, 0.25) is 0 Å². The van der Waals surface area contributed by atoms with E-state index in [0.717, 1.165) is 22.6 Å². The van der Waals surface area contributed by atoms with Gasteiger partial charge in [0.1, 0.15) is 5.70 Å². The van der Waals surface area contributed by atoms with Crippen molar-refractivity contribution >= 4 is 24.0 Å².